The van der Waals surface area contributed by atoms with Gasteiger partial charge in [0, 0.05) is 24.8 Å². The fourth-order valence-corrected chi connectivity index (χ4v) is 2.31. The van der Waals surface area contributed by atoms with Crippen LogP contribution in [0.2, 0.25) is 0 Å². The maximum atomic E-state index is 11.8. The molecule has 0 aromatic heterocycles. The van der Waals surface area contributed by atoms with E-state index in [1.54, 1.807) is 0 Å². The number of amides is 1. The molecule has 0 radical (unpaired) electrons. The molecule has 0 unspecified atom stereocenters. The van der Waals surface area contributed by atoms with Gasteiger partial charge in [0.15, 0.2) is 0 Å². The number of anilines is 1. The second-order valence-electron chi connectivity index (χ2n) is 5.09. The van der Waals surface area contributed by atoms with Gasteiger partial charge in [0.1, 0.15) is 0 Å². The molecule has 0 saturated heterocycles. The van der Waals surface area contributed by atoms with Crippen LogP contribution in [0.3, 0.4) is 0 Å². The SMILES string of the molecule is CCN(CCNC(=O)Cc1ccccc1N)C1CC1. The van der Waals surface area contributed by atoms with Crippen molar-refractivity contribution in [3.8, 4) is 0 Å². The summed E-state index contributed by atoms with van der Waals surface area (Å²) in [5, 5.41) is 2.97. The lowest BCUT2D eigenvalue weighted by atomic mass is 10.1. The van der Waals surface area contributed by atoms with Crippen molar-refractivity contribution in [1.82, 2.24) is 10.2 Å². The summed E-state index contributed by atoms with van der Waals surface area (Å²) < 4.78 is 0. The first kappa shape index (κ1) is 13.9. The van der Waals surface area contributed by atoms with Crippen molar-refractivity contribution in [2.45, 2.75) is 32.2 Å². The highest BCUT2D eigenvalue weighted by molar-refractivity contribution is 5.80. The van der Waals surface area contributed by atoms with Gasteiger partial charge < -0.3 is 11.1 Å². The smallest absolute Gasteiger partial charge is 0.224 e. The third-order valence-electron chi connectivity index (χ3n) is 3.60. The minimum absolute atomic E-state index is 0.0461. The van der Waals surface area contributed by atoms with Crippen molar-refractivity contribution in [2.24, 2.45) is 0 Å². The Morgan fingerprint density at radius 1 is 1.42 bits per heavy atom. The number of hydrogen-bond acceptors (Lipinski definition) is 3. The number of nitrogens with zero attached hydrogens (tertiary/aromatic N) is 1. The average molecular weight is 261 g/mol. The molecule has 1 amide bonds. The first-order chi connectivity index (χ1) is 9.20. The van der Waals surface area contributed by atoms with Crippen molar-refractivity contribution < 1.29 is 4.79 Å². The summed E-state index contributed by atoms with van der Waals surface area (Å²) in [5.74, 6) is 0.0461. The molecule has 1 aliphatic rings. The van der Waals surface area contributed by atoms with Gasteiger partial charge >= 0.3 is 0 Å². The van der Waals surface area contributed by atoms with Gasteiger partial charge in [-0.25, -0.2) is 0 Å². The summed E-state index contributed by atoms with van der Waals surface area (Å²) in [7, 11) is 0. The standard InChI is InChI=1S/C15H23N3O/c1-2-18(13-7-8-13)10-9-17-15(19)11-12-5-3-4-6-14(12)16/h3-6,13H,2,7-11,16H2,1H3,(H,17,19). The molecule has 0 spiro atoms. The molecule has 0 atom stereocenters. The van der Waals surface area contributed by atoms with Crippen LogP contribution >= 0.6 is 0 Å². The van der Waals surface area contributed by atoms with E-state index in [9.17, 15) is 4.79 Å². The quantitative estimate of drug-likeness (QED) is 0.730. The molecule has 3 N–H and O–H groups in total. The van der Waals surface area contributed by atoms with E-state index in [1.807, 2.05) is 24.3 Å². The van der Waals surface area contributed by atoms with Gasteiger partial charge in [0.25, 0.3) is 0 Å². The zero-order chi connectivity index (χ0) is 13.7. The number of likely N-dealkylation sites (N-methyl/N-ethyl adjacent to an activating group) is 1. The van der Waals surface area contributed by atoms with Crippen LogP contribution < -0.4 is 11.1 Å². The molecule has 2 rings (SSSR count). The highest BCUT2D eigenvalue weighted by atomic mass is 16.1. The molecule has 0 heterocycles. The van der Waals surface area contributed by atoms with E-state index in [0.29, 0.717) is 12.1 Å². The van der Waals surface area contributed by atoms with Crippen LogP contribution in [0.25, 0.3) is 0 Å². The van der Waals surface area contributed by atoms with E-state index >= 15 is 0 Å². The Labute approximate surface area is 115 Å². The largest absolute Gasteiger partial charge is 0.398 e. The molecule has 1 fully saturated rings. The number of rotatable bonds is 7. The maximum absolute atomic E-state index is 11.8. The lowest BCUT2D eigenvalue weighted by Gasteiger charge is -2.19. The third kappa shape index (κ3) is 4.24. The number of hydrogen-bond donors (Lipinski definition) is 2. The Morgan fingerprint density at radius 2 is 2.16 bits per heavy atom. The Balaban J connectivity index is 1.71. The number of nitrogen functional groups attached to an aromatic ring is 1. The highest BCUT2D eigenvalue weighted by Gasteiger charge is 2.27. The van der Waals surface area contributed by atoms with Crippen molar-refractivity contribution in [3.63, 3.8) is 0 Å². The molecule has 1 saturated carbocycles. The van der Waals surface area contributed by atoms with Crippen molar-refractivity contribution in [3.05, 3.63) is 29.8 Å². The van der Waals surface area contributed by atoms with Crippen LogP contribution in [-0.2, 0) is 11.2 Å². The number of carbonyl (C=O) groups is 1. The summed E-state index contributed by atoms with van der Waals surface area (Å²) in [5.41, 5.74) is 7.41. The van der Waals surface area contributed by atoms with Gasteiger partial charge in [-0.05, 0) is 31.0 Å². The summed E-state index contributed by atoms with van der Waals surface area (Å²) in [6.45, 7) is 4.89. The zero-order valence-corrected chi connectivity index (χ0v) is 11.6. The summed E-state index contributed by atoms with van der Waals surface area (Å²) in [6.07, 6.45) is 2.98. The molecular weight excluding hydrogens is 238 g/mol. The van der Waals surface area contributed by atoms with Crippen molar-refractivity contribution in [2.75, 3.05) is 25.4 Å². The first-order valence-corrected chi connectivity index (χ1v) is 7.05. The highest BCUT2D eigenvalue weighted by Crippen LogP contribution is 2.25. The maximum Gasteiger partial charge on any atom is 0.224 e. The molecule has 0 aliphatic heterocycles. The number of nitrogens with one attached hydrogen (secondary N) is 1. The second kappa shape index (κ2) is 6.57. The number of nitrogens with two attached hydrogens (primary N) is 1. The summed E-state index contributed by atoms with van der Waals surface area (Å²) in [4.78, 5) is 14.3. The van der Waals surface area contributed by atoms with Gasteiger partial charge in [-0.15, -0.1) is 0 Å². The monoisotopic (exact) mass is 261 g/mol. The number of carbonyl (C=O) groups excluding carboxylic acids is 1. The molecule has 4 heteroatoms. The van der Waals surface area contributed by atoms with Gasteiger partial charge in [-0.3, -0.25) is 9.69 Å². The predicted molar refractivity (Wildman–Crippen MR) is 77.8 cm³/mol. The van der Waals surface area contributed by atoms with E-state index in [0.717, 1.165) is 31.2 Å². The Kier molecular flexibility index (Phi) is 4.80. The van der Waals surface area contributed by atoms with Gasteiger partial charge in [-0.2, -0.15) is 0 Å². The molecule has 19 heavy (non-hydrogen) atoms. The summed E-state index contributed by atoms with van der Waals surface area (Å²) in [6, 6.07) is 8.27. The molecule has 1 aromatic rings. The Bertz CT molecular complexity index is 429. The molecule has 4 nitrogen and oxygen atoms in total. The van der Waals surface area contributed by atoms with E-state index in [-0.39, 0.29) is 5.91 Å². The predicted octanol–water partition coefficient (Wildman–Crippen LogP) is 1.41. The van der Waals surface area contributed by atoms with E-state index < -0.39 is 0 Å². The number of para-hydroxylation sites is 1. The zero-order valence-electron chi connectivity index (χ0n) is 11.6. The topological polar surface area (TPSA) is 58.4 Å². The second-order valence-corrected chi connectivity index (χ2v) is 5.09. The van der Waals surface area contributed by atoms with Gasteiger partial charge in [-0.1, -0.05) is 25.1 Å². The molecular formula is C15H23N3O. The fourth-order valence-electron chi connectivity index (χ4n) is 2.31. The fraction of sp³-hybridized carbons (Fsp3) is 0.533. The van der Waals surface area contributed by atoms with Crippen LogP contribution in [0.1, 0.15) is 25.3 Å². The van der Waals surface area contributed by atoms with E-state index in [1.165, 1.54) is 12.8 Å². The van der Waals surface area contributed by atoms with Gasteiger partial charge in [0.2, 0.25) is 5.91 Å². The Hall–Kier alpha value is -1.55. The van der Waals surface area contributed by atoms with Crippen LogP contribution in [0.4, 0.5) is 5.69 Å². The normalized spacial score (nSPS) is 14.6. The van der Waals surface area contributed by atoms with E-state index in [4.69, 9.17) is 5.73 Å². The van der Waals surface area contributed by atoms with Crippen molar-refractivity contribution >= 4 is 11.6 Å². The van der Waals surface area contributed by atoms with E-state index in [2.05, 4.69) is 17.1 Å². The molecule has 1 aromatic carbocycles. The first-order valence-electron chi connectivity index (χ1n) is 7.05. The number of benzene rings is 1. The lowest BCUT2D eigenvalue weighted by molar-refractivity contribution is -0.120. The Morgan fingerprint density at radius 3 is 2.79 bits per heavy atom. The minimum atomic E-state index is 0.0461. The summed E-state index contributed by atoms with van der Waals surface area (Å²) >= 11 is 0. The van der Waals surface area contributed by atoms with Gasteiger partial charge in [0.05, 0.1) is 6.42 Å². The minimum Gasteiger partial charge on any atom is -0.398 e. The van der Waals surface area contributed by atoms with Crippen molar-refractivity contribution in [1.29, 1.82) is 0 Å². The molecule has 104 valence electrons. The van der Waals surface area contributed by atoms with Crippen LogP contribution in [0, 0.1) is 0 Å². The lowest BCUT2D eigenvalue weighted by Crippen LogP contribution is -2.36. The van der Waals surface area contributed by atoms with Crippen LogP contribution in [0.5, 0.6) is 0 Å². The van der Waals surface area contributed by atoms with Crippen LogP contribution in [-0.4, -0.2) is 36.5 Å². The molecule has 0 bridgehead atoms. The third-order valence-corrected chi connectivity index (χ3v) is 3.60. The average Bonchev–Trinajstić information content (AvgIpc) is 3.22. The molecule has 1 aliphatic carbocycles. The van der Waals surface area contributed by atoms with Crippen LogP contribution in [0.15, 0.2) is 24.3 Å².